The van der Waals surface area contributed by atoms with Gasteiger partial charge in [0.1, 0.15) is 16.9 Å². The average Bonchev–Trinajstić information content (AvgIpc) is 3.15. The Labute approximate surface area is 202 Å². The van der Waals surface area contributed by atoms with Gasteiger partial charge in [0, 0.05) is 34.4 Å². The van der Waals surface area contributed by atoms with E-state index in [1.807, 2.05) is 57.2 Å². The number of furan rings is 1. The van der Waals surface area contributed by atoms with Gasteiger partial charge in [-0.15, -0.1) is 0 Å². The third-order valence-electron chi connectivity index (χ3n) is 6.72. The number of nitrogens with one attached hydrogen (secondary N) is 1. The van der Waals surface area contributed by atoms with E-state index in [0.29, 0.717) is 23.2 Å². The summed E-state index contributed by atoms with van der Waals surface area (Å²) in [4.78, 5) is 36.6. The van der Waals surface area contributed by atoms with Gasteiger partial charge >= 0.3 is 5.63 Å². The minimum atomic E-state index is -1.32. The van der Waals surface area contributed by atoms with E-state index in [-0.39, 0.29) is 18.8 Å². The van der Waals surface area contributed by atoms with Crippen LogP contribution in [0.15, 0.2) is 56.1 Å². The van der Waals surface area contributed by atoms with Gasteiger partial charge in [-0.05, 0) is 43.4 Å². The average molecular weight is 475 g/mol. The molecule has 7 nitrogen and oxygen atoms in total. The van der Waals surface area contributed by atoms with E-state index in [1.54, 1.807) is 13.0 Å². The predicted octanol–water partition coefficient (Wildman–Crippen LogP) is 4.04. The standard InChI is InChI=1S/C28H29NO6/c1-5-15(2)26(27(31)32)29-24(30)12-11-19-16(3)20-13-21-23(14-22(20)35-28(19)33)34-17(4)25(21)18-9-7-6-8-10-18/h6-10,13-15,26H,5,11-12H2,1-4H3,(H,29,30)(H,31,32)/p-1/t15-,26+/m1/s1. The molecule has 1 amide bonds. The van der Waals surface area contributed by atoms with Crippen molar-refractivity contribution in [1.29, 1.82) is 0 Å². The molecule has 0 aliphatic carbocycles. The summed E-state index contributed by atoms with van der Waals surface area (Å²) >= 11 is 0. The van der Waals surface area contributed by atoms with E-state index in [0.717, 1.165) is 33.2 Å². The molecule has 0 fully saturated rings. The second-order valence-electron chi connectivity index (χ2n) is 8.99. The van der Waals surface area contributed by atoms with E-state index < -0.39 is 23.5 Å². The van der Waals surface area contributed by atoms with Crippen LogP contribution in [0.3, 0.4) is 0 Å². The lowest BCUT2D eigenvalue weighted by Gasteiger charge is -2.25. The largest absolute Gasteiger partial charge is 0.548 e. The third kappa shape index (κ3) is 4.71. The van der Waals surface area contributed by atoms with Crippen molar-refractivity contribution in [3.05, 3.63) is 69.8 Å². The molecule has 0 spiro atoms. The molecular weight excluding hydrogens is 446 g/mol. The summed E-state index contributed by atoms with van der Waals surface area (Å²) in [6.45, 7) is 7.32. The van der Waals surface area contributed by atoms with E-state index >= 15 is 0 Å². The number of aryl methyl sites for hydroxylation is 2. The van der Waals surface area contributed by atoms with Gasteiger partial charge in [-0.3, -0.25) is 4.79 Å². The SMILES string of the molecule is CC[C@@H](C)[C@H](NC(=O)CCc1c(C)c2cc3c(-c4ccccc4)c(C)oc3cc2oc1=O)C(=O)[O-]. The fraction of sp³-hybridized carbons (Fsp3) is 0.321. The van der Waals surface area contributed by atoms with Gasteiger partial charge in [0.25, 0.3) is 0 Å². The van der Waals surface area contributed by atoms with E-state index in [2.05, 4.69) is 5.32 Å². The Morgan fingerprint density at radius 2 is 1.71 bits per heavy atom. The second kappa shape index (κ2) is 9.78. The highest BCUT2D eigenvalue weighted by atomic mass is 16.4. The Balaban J connectivity index is 1.68. The van der Waals surface area contributed by atoms with E-state index in [4.69, 9.17) is 8.83 Å². The van der Waals surface area contributed by atoms with Crippen molar-refractivity contribution in [1.82, 2.24) is 5.32 Å². The summed E-state index contributed by atoms with van der Waals surface area (Å²) in [6, 6.07) is 12.5. The molecule has 0 aliphatic heterocycles. The molecule has 0 saturated heterocycles. The van der Waals surface area contributed by atoms with Gasteiger partial charge in [-0.1, -0.05) is 50.6 Å². The Morgan fingerprint density at radius 1 is 1.03 bits per heavy atom. The molecule has 0 unspecified atom stereocenters. The summed E-state index contributed by atoms with van der Waals surface area (Å²) in [5, 5.41) is 15.6. The Bertz CT molecular complexity index is 1460. The highest BCUT2D eigenvalue weighted by molar-refractivity contribution is 6.03. The molecule has 35 heavy (non-hydrogen) atoms. The monoisotopic (exact) mass is 474 g/mol. The zero-order chi connectivity index (χ0) is 25.3. The zero-order valence-electron chi connectivity index (χ0n) is 20.3. The molecule has 0 bridgehead atoms. The van der Waals surface area contributed by atoms with Crippen molar-refractivity contribution in [3.8, 4) is 11.1 Å². The van der Waals surface area contributed by atoms with E-state index in [9.17, 15) is 19.5 Å². The smallest absolute Gasteiger partial charge is 0.339 e. The molecule has 2 aromatic heterocycles. The zero-order valence-corrected chi connectivity index (χ0v) is 20.3. The van der Waals surface area contributed by atoms with Crippen LogP contribution in [0.25, 0.3) is 33.1 Å². The van der Waals surface area contributed by atoms with Crippen LogP contribution in [-0.4, -0.2) is 17.9 Å². The molecule has 2 heterocycles. The lowest BCUT2D eigenvalue weighted by molar-refractivity contribution is -0.309. The minimum Gasteiger partial charge on any atom is -0.548 e. The maximum atomic E-state index is 12.7. The van der Waals surface area contributed by atoms with Crippen LogP contribution < -0.4 is 16.0 Å². The molecule has 1 N–H and O–H groups in total. The third-order valence-corrected chi connectivity index (χ3v) is 6.72. The molecule has 0 radical (unpaired) electrons. The van der Waals surface area contributed by atoms with Crippen LogP contribution in [-0.2, 0) is 16.0 Å². The Morgan fingerprint density at radius 3 is 2.37 bits per heavy atom. The van der Waals surface area contributed by atoms with Gasteiger partial charge in [0.2, 0.25) is 5.91 Å². The number of hydrogen-bond acceptors (Lipinski definition) is 6. The summed E-state index contributed by atoms with van der Waals surface area (Å²) in [5.41, 5.74) is 3.64. The number of carboxylic acids is 1. The molecule has 0 aliphatic rings. The first-order valence-electron chi connectivity index (χ1n) is 11.8. The van der Waals surface area contributed by atoms with Crippen molar-refractivity contribution in [3.63, 3.8) is 0 Å². The van der Waals surface area contributed by atoms with Gasteiger partial charge in [0.05, 0.1) is 12.0 Å². The lowest BCUT2D eigenvalue weighted by Crippen LogP contribution is -2.51. The first-order valence-corrected chi connectivity index (χ1v) is 11.8. The van der Waals surface area contributed by atoms with Gasteiger partial charge in [-0.2, -0.15) is 0 Å². The van der Waals surface area contributed by atoms with Crippen molar-refractivity contribution in [2.75, 3.05) is 0 Å². The minimum absolute atomic E-state index is 0.0420. The van der Waals surface area contributed by atoms with Crippen LogP contribution in [0.2, 0.25) is 0 Å². The summed E-state index contributed by atoms with van der Waals surface area (Å²) in [7, 11) is 0. The molecule has 182 valence electrons. The van der Waals surface area contributed by atoms with Crippen LogP contribution >= 0.6 is 0 Å². The Kier molecular flexibility index (Phi) is 6.78. The number of benzene rings is 2. The number of aliphatic carboxylic acids is 1. The van der Waals surface area contributed by atoms with Crippen LogP contribution in [0, 0.1) is 19.8 Å². The molecule has 7 heteroatoms. The maximum absolute atomic E-state index is 12.7. The fourth-order valence-electron chi connectivity index (χ4n) is 4.51. The Hall–Kier alpha value is -3.87. The fourth-order valence-corrected chi connectivity index (χ4v) is 4.51. The predicted molar refractivity (Wildman–Crippen MR) is 132 cm³/mol. The van der Waals surface area contributed by atoms with Crippen LogP contribution in [0.5, 0.6) is 0 Å². The van der Waals surface area contributed by atoms with Gasteiger partial charge in [0.15, 0.2) is 0 Å². The first kappa shape index (κ1) is 24.3. The summed E-state index contributed by atoms with van der Waals surface area (Å²) < 4.78 is 11.6. The number of amides is 1. The number of carbonyl (C=O) groups excluding carboxylic acids is 2. The number of rotatable bonds is 8. The van der Waals surface area contributed by atoms with Gasteiger partial charge in [-0.25, -0.2) is 4.79 Å². The second-order valence-corrected chi connectivity index (χ2v) is 8.99. The van der Waals surface area contributed by atoms with Crippen molar-refractivity contribution >= 4 is 33.8 Å². The molecule has 2 aromatic carbocycles. The quantitative estimate of drug-likeness (QED) is 0.386. The molecule has 4 aromatic rings. The lowest BCUT2D eigenvalue weighted by atomic mass is 9.97. The molecule has 0 saturated carbocycles. The highest BCUT2D eigenvalue weighted by Crippen LogP contribution is 2.37. The molecular formula is C28H28NO6-. The highest BCUT2D eigenvalue weighted by Gasteiger charge is 2.21. The number of fused-ring (bicyclic) bond motifs is 2. The van der Waals surface area contributed by atoms with Crippen molar-refractivity contribution < 1.29 is 23.5 Å². The first-order chi connectivity index (χ1) is 16.7. The number of carboxylic acid groups (broad SMARTS) is 1. The molecule has 2 atom stereocenters. The van der Waals surface area contributed by atoms with Crippen LogP contribution in [0.4, 0.5) is 0 Å². The normalized spacial score (nSPS) is 13.1. The summed E-state index contributed by atoms with van der Waals surface area (Å²) in [6.07, 6.45) is 0.670. The number of carbonyl (C=O) groups is 2. The van der Waals surface area contributed by atoms with Gasteiger partial charge < -0.3 is 24.1 Å². The van der Waals surface area contributed by atoms with Crippen molar-refractivity contribution in [2.45, 2.75) is 53.0 Å². The maximum Gasteiger partial charge on any atom is 0.339 e. The molecule has 4 rings (SSSR count). The van der Waals surface area contributed by atoms with E-state index in [1.165, 1.54) is 0 Å². The topological polar surface area (TPSA) is 113 Å². The van der Waals surface area contributed by atoms with Crippen molar-refractivity contribution in [2.24, 2.45) is 5.92 Å². The number of hydrogen-bond donors (Lipinski definition) is 1. The van der Waals surface area contributed by atoms with Crippen LogP contribution in [0.1, 0.15) is 43.6 Å². The summed E-state index contributed by atoms with van der Waals surface area (Å²) in [5.74, 6) is -1.27.